The molecule has 1 saturated heterocycles. The minimum absolute atomic E-state index is 0.0470. The van der Waals surface area contributed by atoms with E-state index in [-0.39, 0.29) is 5.41 Å². The maximum absolute atomic E-state index is 10.3. The Morgan fingerprint density at radius 3 is 2.87 bits per heavy atom. The highest BCUT2D eigenvalue weighted by Gasteiger charge is 2.48. The highest BCUT2D eigenvalue weighted by molar-refractivity contribution is 5.81. The van der Waals surface area contributed by atoms with Gasteiger partial charge in [0.15, 0.2) is 0 Å². The van der Waals surface area contributed by atoms with E-state index in [0.29, 0.717) is 11.7 Å². The van der Waals surface area contributed by atoms with Gasteiger partial charge in [0.1, 0.15) is 11.5 Å². The van der Waals surface area contributed by atoms with Crippen LogP contribution >= 0.6 is 0 Å². The minimum atomic E-state index is 0.0470. The number of benzene rings is 2. The average Bonchev–Trinajstić information content (AvgIpc) is 3.60. The number of aromatic nitrogens is 1. The Kier molecular flexibility index (Phi) is 4.46. The third-order valence-electron chi connectivity index (χ3n) is 7.91. The molecule has 2 atom stereocenters. The molecular formula is C27H30N2O2. The number of phenolic OH excluding ortho intramolecular Hbond substituents is 1. The third-order valence-corrected chi connectivity index (χ3v) is 7.91. The van der Waals surface area contributed by atoms with Crippen molar-refractivity contribution >= 4 is 10.9 Å². The highest BCUT2D eigenvalue weighted by atomic mass is 16.5. The fraction of sp³-hybridized carbons (Fsp3) is 0.444. The van der Waals surface area contributed by atoms with Crippen LogP contribution in [0, 0.1) is 11.8 Å². The van der Waals surface area contributed by atoms with Crippen LogP contribution in [0.5, 0.6) is 11.5 Å². The number of rotatable bonds is 4. The summed E-state index contributed by atoms with van der Waals surface area (Å²) in [5, 5.41) is 11.5. The van der Waals surface area contributed by atoms with Gasteiger partial charge >= 0.3 is 0 Å². The molecule has 0 amide bonds. The Morgan fingerprint density at radius 2 is 2.06 bits per heavy atom. The molecule has 4 nitrogen and oxygen atoms in total. The van der Waals surface area contributed by atoms with Crippen LogP contribution in [0.15, 0.2) is 48.5 Å². The minimum Gasteiger partial charge on any atom is -0.508 e. The molecule has 0 unspecified atom stereocenters. The fourth-order valence-corrected chi connectivity index (χ4v) is 6.01. The highest BCUT2D eigenvalue weighted by Crippen LogP contribution is 2.49. The molecular weight excluding hydrogens is 384 g/mol. The van der Waals surface area contributed by atoms with Crippen molar-refractivity contribution in [3.05, 3.63) is 65.4 Å². The number of ether oxygens (including phenoxy) is 1. The quantitative estimate of drug-likeness (QED) is 0.671. The number of hydrogen-bond donors (Lipinski definition) is 1. The van der Waals surface area contributed by atoms with Crippen molar-refractivity contribution in [2.75, 3.05) is 26.7 Å². The smallest absolute Gasteiger partial charge is 0.121 e. The summed E-state index contributed by atoms with van der Waals surface area (Å²) in [6.07, 6.45) is 5.94. The monoisotopic (exact) mass is 414 g/mol. The van der Waals surface area contributed by atoms with Gasteiger partial charge in [-0.05, 0) is 85.5 Å². The molecule has 0 bridgehead atoms. The molecule has 1 aliphatic heterocycles. The van der Waals surface area contributed by atoms with E-state index in [1.54, 1.807) is 13.2 Å². The van der Waals surface area contributed by atoms with Gasteiger partial charge in [0, 0.05) is 42.1 Å². The van der Waals surface area contributed by atoms with Crippen molar-refractivity contribution in [3.8, 4) is 11.5 Å². The van der Waals surface area contributed by atoms with Crippen LogP contribution in [0.4, 0.5) is 0 Å². The van der Waals surface area contributed by atoms with Gasteiger partial charge < -0.3 is 14.7 Å². The van der Waals surface area contributed by atoms with Crippen LogP contribution < -0.4 is 4.74 Å². The van der Waals surface area contributed by atoms with Crippen molar-refractivity contribution in [3.63, 3.8) is 0 Å². The lowest BCUT2D eigenvalue weighted by Crippen LogP contribution is -2.54. The Hall–Kier alpha value is -2.59. The number of hydrogen-bond acceptors (Lipinski definition) is 4. The summed E-state index contributed by atoms with van der Waals surface area (Å²) < 4.78 is 5.43. The second-order valence-corrected chi connectivity index (χ2v) is 9.89. The fourth-order valence-electron chi connectivity index (χ4n) is 6.01. The summed E-state index contributed by atoms with van der Waals surface area (Å²) in [7, 11) is 1.70. The summed E-state index contributed by atoms with van der Waals surface area (Å²) >= 11 is 0. The zero-order chi connectivity index (χ0) is 21.0. The molecule has 2 aliphatic carbocycles. The summed E-state index contributed by atoms with van der Waals surface area (Å²) in [6.45, 7) is 3.54. The van der Waals surface area contributed by atoms with Crippen molar-refractivity contribution in [2.45, 2.75) is 37.5 Å². The lowest BCUT2D eigenvalue weighted by molar-refractivity contribution is 0.0777. The Balaban J connectivity index is 1.43. The number of likely N-dealkylation sites (tertiary alicyclic amines) is 1. The number of phenols is 1. The number of methoxy groups -OCH3 is 1. The molecule has 2 heterocycles. The first kappa shape index (κ1) is 19.1. The topological polar surface area (TPSA) is 45.6 Å². The maximum atomic E-state index is 10.3. The molecule has 1 aromatic heterocycles. The van der Waals surface area contributed by atoms with Gasteiger partial charge in [-0.25, -0.2) is 0 Å². The van der Waals surface area contributed by atoms with Gasteiger partial charge in [-0.2, -0.15) is 0 Å². The van der Waals surface area contributed by atoms with Gasteiger partial charge in [-0.15, -0.1) is 0 Å². The molecule has 0 spiro atoms. The van der Waals surface area contributed by atoms with Gasteiger partial charge in [0.05, 0.1) is 12.6 Å². The van der Waals surface area contributed by atoms with Gasteiger partial charge in [0.25, 0.3) is 0 Å². The molecule has 160 valence electrons. The SMILES string of the molecule is COc1ccc2cc3c(nc2c1)C[C@]1(c2cccc(O)c2)CCN(CC2CC2)C[C@@H]1C3. The van der Waals surface area contributed by atoms with Crippen LogP contribution in [0.25, 0.3) is 10.9 Å². The van der Waals surface area contributed by atoms with Crippen LogP contribution in [-0.2, 0) is 18.3 Å². The Bertz CT molecular complexity index is 1140. The predicted molar refractivity (Wildman–Crippen MR) is 123 cm³/mol. The lowest BCUT2D eigenvalue weighted by atomic mass is 9.58. The average molecular weight is 415 g/mol. The zero-order valence-corrected chi connectivity index (χ0v) is 18.2. The lowest BCUT2D eigenvalue weighted by Gasteiger charge is -2.51. The number of nitrogens with zero attached hydrogens (tertiary/aromatic N) is 2. The number of fused-ring (bicyclic) bond motifs is 3. The molecule has 2 aromatic carbocycles. The van der Waals surface area contributed by atoms with E-state index in [1.807, 2.05) is 24.3 Å². The van der Waals surface area contributed by atoms with Crippen LogP contribution in [0.3, 0.4) is 0 Å². The van der Waals surface area contributed by atoms with Crippen molar-refractivity contribution < 1.29 is 9.84 Å². The predicted octanol–water partition coefficient (Wildman–Crippen LogP) is 4.72. The normalized spacial score (nSPS) is 25.8. The van der Waals surface area contributed by atoms with Gasteiger partial charge in [-0.1, -0.05) is 12.1 Å². The molecule has 3 aromatic rings. The van der Waals surface area contributed by atoms with Crippen LogP contribution in [0.1, 0.15) is 36.1 Å². The maximum Gasteiger partial charge on any atom is 0.121 e. The third kappa shape index (κ3) is 3.38. The summed E-state index contributed by atoms with van der Waals surface area (Å²) in [4.78, 5) is 7.83. The van der Waals surface area contributed by atoms with E-state index in [9.17, 15) is 5.11 Å². The number of pyridine rings is 1. The van der Waals surface area contributed by atoms with Crippen LogP contribution in [-0.4, -0.2) is 41.7 Å². The Morgan fingerprint density at radius 1 is 1.16 bits per heavy atom. The van der Waals surface area contributed by atoms with E-state index in [0.717, 1.165) is 49.5 Å². The van der Waals surface area contributed by atoms with Crippen molar-refractivity contribution in [2.24, 2.45) is 11.8 Å². The zero-order valence-electron chi connectivity index (χ0n) is 18.2. The van der Waals surface area contributed by atoms with Crippen molar-refractivity contribution in [1.29, 1.82) is 0 Å². The number of aromatic hydroxyl groups is 1. The van der Waals surface area contributed by atoms with Gasteiger partial charge in [0.2, 0.25) is 0 Å². The molecule has 31 heavy (non-hydrogen) atoms. The largest absolute Gasteiger partial charge is 0.508 e. The summed E-state index contributed by atoms with van der Waals surface area (Å²) in [6, 6.07) is 16.5. The first-order valence-electron chi connectivity index (χ1n) is 11.6. The first-order valence-corrected chi connectivity index (χ1v) is 11.6. The molecule has 4 heteroatoms. The molecule has 1 N–H and O–H groups in total. The van der Waals surface area contributed by atoms with E-state index < -0.39 is 0 Å². The van der Waals surface area contributed by atoms with E-state index in [1.165, 1.54) is 41.6 Å². The number of piperidine rings is 1. The molecule has 3 aliphatic rings. The van der Waals surface area contributed by atoms with Gasteiger partial charge in [-0.3, -0.25) is 4.98 Å². The second kappa shape index (κ2) is 7.23. The van der Waals surface area contributed by atoms with Crippen molar-refractivity contribution in [1.82, 2.24) is 9.88 Å². The van der Waals surface area contributed by atoms with E-state index in [2.05, 4.69) is 23.1 Å². The summed E-state index contributed by atoms with van der Waals surface area (Å²) in [5.74, 6) is 2.69. The molecule has 6 rings (SSSR count). The standard InChI is InChI=1S/C27H30N2O2/c1-31-24-8-7-19-11-20-12-22-17-29(16-18-5-6-18)10-9-27(22,15-26(20)28-25(19)14-24)21-3-2-4-23(30)13-21/h2-4,7-8,11,13-14,18,22,30H,5-6,9-10,12,15-17H2,1H3/t22-,27-/m0/s1. The van der Waals surface area contributed by atoms with E-state index >= 15 is 0 Å². The van der Waals surface area contributed by atoms with E-state index in [4.69, 9.17) is 9.72 Å². The Labute approximate surface area is 183 Å². The second-order valence-electron chi connectivity index (χ2n) is 9.89. The first-order chi connectivity index (χ1) is 15.1. The molecule has 1 saturated carbocycles. The molecule has 0 radical (unpaired) electrons. The molecule has 2 fully saturated rings. The summed E-state index contributed by atoms with van der Waals surface area (Å²) in [5.41, 5.74) is 4.95. The van der Waals surface area contributed by atoms with Crippen LogP contribution in [0.2, 0.25) is 0 Å².